The Labute approximate surface area is 234 Å². The summed E-state index contributed by atoms with van der Waals surface area (Å²) in [6.07, 6.45) is 4.01. The first-order chi connectivity index (χ1) is 18.3. The van der Waals surface area contributed by atoms with E-state index in [1.54, 1.807) is 35.0 Å². The molecule has 0 aliphatic heterocycles. The first-order valence-electron chi connectivity index (χ1n) is 11.9. The number of aromatic nitrogens is 2. The molecule has 2 aromatic heterocycles. The highest BCUT2D eigenvalue weighted by molar-refractivity contribution is 9.10. The number of carbonyl (C=O) groups excluding carboxylic acids is 1. The lowest BCUT2D eigenvalue weighted by Crippen LogP contribution is -2.24. The lowest BCUT2D eigenvalue weighted by atomic mass is 9.97. The molecule has 0 atom stereocenters. The van der Waals surface area contributed by atoms with E-state index < -0.39 is 4.92 Å². The number of rotatable bonds is 7. The van der Waals surface area contributed by atoms with Crippen molar-refractivity contribution in [3.8, 4) is 5.69 Å². The number of fused-ring (bicyclic) bond motifs is 3. The van der Waals surface area contributed by atoms with Crippen LogP contribution in [0.15, 0.2) is 68.1 Å². The Morgan fingerprint density at radius 1 is 1.24 bits per heavy atom. The molecule has 12 heteroatoms. The van der Waals surface area contributed by atoms with Crippen molar-refractivity contribution in [3.63, 3.8) is 0 Å². The van der Waals surface area contributed by atoms with Crippen molar-refractivity contribution in [2.24, 2.45) is 5.10 Å². The van der Waals surface area contributed by atoms with E-state index in [0.717, 1.165) is 47.5 Å². The summed E-state index contributed by atoms with van der Waals surface area (Å²) < 4.78 is 2.47. The van der Waals surface area contributed by atoms with Gasteiger partial charge < -0.3 is 0 Å². The second kappa shape index (κ2) is 11.2. The zero-order valence-corrected chi connectivity index (χ0v) is 23.5. The molecule has 0 saturated heterocycles. The van der Waals surface area contributed by atoms with Crippen LogP contribution in [-0.2, 0) is 17.6 Å². The molecule has 38 heavy (non-hydrogen) atoms. The molecule has 9 nitrogen and oxygen atoms in total. The summed E-state index contributed by atoms with van der Waals surface area (Å²) in [7, 11) is 0. The van der Waals surface area contributed by atoms with Gasteiger partial charge in [0.2, 0.25) is 0 Å². The van der Waals surface area contributed by atoms with Gasteiger partial charge in [-0.05, 0) is 62.4 Å². The van der Waals surface area contributed by atoms with Gasteiger partial charge in [-0.1, -0.05) is 39.8 Å². The number of nitrogens with one attached hydrogen (secondary N) is 1. The van der Waals surface area contributed by atoms with Gasteiger partial charge in [-0.15, -0.1) is 11.3 Å². The highest BCUT2D eigenvalue weighted by atomic mass is 79.9. The number of aryl methyl sites for hydroxylation is 2. The number of nitro groups is 1. The minimum absolute atomic E-state index is 0.0225. The minimum Gasteiger partial charge on any atom is -0.272 e. The minimum atomic E-state index is -0.481. The summed E-state index contributed by atoms with van der Waals surface area (Å²) in [6, 6.07) is 13.5. The number of hydrogen-bond acceptors (Lipinski definition) is 8. The van der Waals surface area contributed by atoms with E-state index in [9.17, 15) is 19.7 Å². The Kier molecular flexibility index (Phi) is 7.73. The normalized spacial score (nSPS) is 13.4. The zero-order valence-electron chi connectivity index (χ0n) is 20.3. The molecule has 1 N–H and O–H groups in total. The van der Waals surface area contributed by atoms with Crippen molar-refractivity contribution in [1.29, 1.82) is 0 Å². The standard InChI is InChI=1S/C26H22BrN5O4S2/c1-15(16-5-4-6-19(13-16)32(35)36)29-30-22(33)14-37-26-28-24-23(20-7-2-3-8-21(20)38-24)25(34)31(26)18-11-9-17(27)10-12-18/h4-6,9-13H,2-3,7-8,14H2,1H3,(H,30,33). The maximum absolute atomic E-state index is 13.8. The third kappa shape index (κ3) is 5.42. The fourth-order valence-electron chi connectivity index (χ4n) is 4.32. The summed E-state index contributed by atoms with van der Waals surface area (Å²) in [5.41, 5.74) is 5.07. The third-order valence-corrected chi connectivity index (χ3v) is 8.85. The summed E-state index contributed by atoms with van der Waals surface area (Å²) in [5.74, 6) is -0.410. The monoisotopic (exact) mass is 611 g/mol. The van der Waals surface area contributed by atoms with Gasteiger partial charge in [-0.25, -0.2) is 10.4 Å². The summed E-state index contributed by atoms with van der Waals surface area (Å²) >= 11 is 6.17. The van der Waals surface area contributed by atoms with Gasteiger partial charge in [-0.3, -0.25) is 24.3 Å². The van der Waals surface area contributed by atoms with Crippen LogP contribution in [0.25, 0.3) is 15.9 Å². The Morgan fingerprint density at radius 2 is 2.00 bits per heavy atom. The summed E-state index contributed by atoms with van der Waals surface area (Å²) in [6.45, 7) is 1.66. The molecule has 0 spiro atoms. The molecular weight excluding hydrogens is 590 g/mol. The van der Waals surface area contributed by atoms with E-state index >= 15 is 0 Å². The molecule has 0 saturated carbocycles. The van der Waals surface area contributed by atoms with Crippen LogP contribution in [0.1, 0.15) is 35.8 Å². The van der Waals surface area contributed by atoms with Gasteiger partial charge in [-0.2, -0.15) is 5.10 Å². The molecule has 0 fully saturated rings. The Morgan fingerprint density at radius 3 is 2.76 bits per heavy atom. The second-order valence-electron chi connectivity index (χ2n) is 8.73. The van der Waals surface area contributed by atoms with Crippen molar-refractivity contribution >= 4 is 66.6 Å². The molecule has 1 aliphatic rings. The average molecular weight is 613 g/mol. The van der Waals surface area contributed by atoms with E-state index in [0.29, 0.717) is 32.3 Å². The van der Waals surface area contributed by atoms with Crippen LogP contribution < -0.4 is 11.0 Å². The Bertz CT molecular complexity index is 1650. The molecule has 194 valence electrons. The number of carbonyl (C=O) groups is 1. The lowest BCUT2D eigenvalue weighted by Gasteiger charge is -2.13. The number of amides is 1. The topological polar surface area (TPSA) is 119 Å². The van der Waals surface area contributed by atoms with Crippen LogP contribution in [0.2, 0.25) is 0 Å². The molecule has 2 heterocycles. The number of nitro benzene ring substituents is 1. The van der Waals surface area contributed by atoms with E-state index in [2.05, 4.69) is 26.5 Å². The molecule has 5 rings (SSSR count). The van der Waals surface area contributed by atoms with Crippen molar-refractivity contribution < 1.29 is 9.72 Å². The molecule has 0 bridgehead atoms. The second-order valence-corrected chi connectivity index (χ2v) is 11.7. The molecule has 1 aliphatic carbocycles. The van der Waals surface area contributed by atoms with E-state index in [4.69, 9.17) is 4.98 Å². The smallest absolute Gasteiger partial charge is 0.270 e. The average Bonchev–Trinajstić information content (AvgIpc) is 3.30. The molecule has 2 aromatic carbocycles. The van der Waals surface area contributed by atoms with Gasteiger partial charge in [0.25, 0.3) is 17.2 Å². The van der Waals surface area contributed by atoms with E-state index in [1.807, 2.05) is 24.3 Å². The van der Waals surface area contributed by atoms with Crippen molar-refractivity contribution in [2.75, 3.05) is 5.75 Å². The first-order valence-corrected chi connectivity index (χ1v) is 14.5. The maximum Gasteiger partial charge on any atom is 0.270 e. The van der Waals surface area contributed by atoms with E-state index in [1.165, 1.54) is 17.0 Å². The SMILES string of the molecule is CC(=NNC(=O)CSc1nc2sc3c(c2c(=O)n1-c1ccc(Br)cc1)CCCC3)c1cccc([N+](=O)[O-])c1. The van der Waals surface area contributed by atoms with Crippen molar-refractivity contribution in [1.82, 2.24) is 15.0 Å². The van der Waals surface area contributed by atoms with Crippen molar-refractivity contribution in [3.05, 3.63) is 89.5 Å². The number of non-ortho nitro benzene ring substituents is 1. The number of nitrogens with zero attached hydrogens (tertiary/aromatic N) is 4. The van der Waals surface area contributed by atoms with Crippen LogP contribution in [-0.4, -0.2) is 31.8 Å². The van der Waals surface area contributed by atoms with E-state index in [-0.39, 0.29) is 22.9 Å². The predicted molar refractivity (Wildman–Crippen MR) is 154 cm³/mol. The molecular formula is C26H22BrN5O4S2. The Balaban J connectivity index is 1.42. The number of benzene rings is 2. The van der Waals surface area contributed by atoms with Crippen LogP contribution in [0.3, 0.4) is 0 Å². The largest absolute Gasteiger partial charge is 0.272 e. The highest BCUT2D eigenvalue weighted by Gasteiger charge is 2.23. The van der Waals surface area contributed by atoms with Crippen LogP contribution in [0, 0.1) is 10.1 Å². The fraction of sp³-hybridized carbons (Fsp3) is 0.231. The summed E-state index contributed by atoms with van der Waals surface area (Å²) in [5, 5.41) is 16.2. The summed E-state index contributed by atoms with van der Waals surface area (Å²) in [4.78, 5) is 43.8. The quantitative estimate of drug-likeness (QED) is 0.0950. The van der Waals surface area contributed by atoms with Gasteiger partial charge in [0, 0.05) is 27.0 Å². The fourth-order valence-corrected chi connectivity index (χ4v) is 6.69. The van der Waals surface area contributed by atoms with Crippen LogP contribution in [0.5, 0.6) is 0 Å². The molecule has 1 amide bonds. The molecule has 4 aromatic rings. The van der Waals surface area contributed by atoms with Crippen LogP contribution in [0.4, 0.5) is 5.69 Å². The van der Waals surface area contributed by atoms with Gasteiger partial charge in [0.05, 0.1) is 27.5 Å². The molecule has 0 unspecified atom stereocenters. The lowest BCUT2D eigenvalue weighted by molar-refractivity contribution is -0.384. The maximum atomic E-state index is 13.8. The Hall–Kier alpha value is -3.35. The highest BCUT2D eigenvalue weighted by Crippen LogP contribution is 2.35. The predicted octanol–water partition coefficient (Wildman–Crippen LogP) is 5.63. The number of hydrogen-bond donors (Lipinski definition) is 1. The number of thioether (sulfide) groups is 1. The van der Waals surface area contributed by atoms with Gasteiger partial charge >= 0.3 is 0 Å². The first kappa shape index (κ1) is 26.3. The number of hydrazone groups is 1. The number of halogens is 1. The number of thiophene rings is 1. The van der Waals surface area contributed by atoms with Crippen molar-refractivity contribution in [2.45, 2.75) is 37.8 Å². The third-order valence-electron chi connectivity index (χ3n) is 6.20. The van der Waals surface area contributed by atoms with Crippen LogP contribution >= 0.6 is 39.0 Å². The molecule has 0 radical (unpaired) electrons. The zero-order chi connectivity index (χ0) is 26.8. The van der Waals surface area contributed by atoms with Gasteiger partial charge in [0.1, 0.15) is 4.83 Å². The van der Waals surface area contributed by atoms with Gasteiger partial charge in [0.15, 0.2) is 5.16 Å².